The number of hydrazine groups is 1. The highest BCUT2D eigenvalue weighted by molar-refractivity contribution is 6.70. The van der Waals surface area contributed by atoms with Crippen molar-refractivity contribution in [1.29, 1.82) is 0 Å². The number of rotatable bonds is 2. The van der Waals surface area contributed by atoms with Gasteiger partial charge in [-0.1, -0.05) is 41.4 Å². The van der Waals surface area contributed by atoms with E-state index >= 15 is 0 Å². The lowest BCUT2D eigenvalue weighted by atomic mass is 10.3. The molecule has 0 aliphatic carbocycles. The van der Waals surface area contributed by atoms with Crippen molar-refractivity contribution in [2.24, 2.45) is 5.10 Å². The van der Waals surface area contributed by atoms with Crippen molar-refractivity contribution < 1.29 is 0 Å². The summed E-state index contributed by atoms with van der Waals surface area (Å²) in [6.45, 7) is 0. The van der Waals surface area contributed by atoms with Crippen LogP contribution in [0.4, 0.5) is 5.69 Å². The molecule has 0 radical (unpaired) electrons. The molecule has 0 spiro atoms. The van der Waals surface area contributed by atoms with E-state index < -0.39 is 0 Å². The quantitative estimate of drug-likeness (QED) is 0.799. The van der Waals surface area contributed by atoms with E-state index in [1.54, 1.807) is 7.05 Å². The molecular weight excluding hydrogens is 247 g/mol. The molecule has 16 heavy (non-hydrogen) atoms. The summed E-state index contributed by atoms with van der Waals surface area (Å²) in [5, 5.41) is 9.28. The van der Waals surface area contributed by atoms with Crippen LogP contribution >= 0.6 is 23.2 Å². The fourth-order valence-corrected chi connectivity index (χ4v) is 1.83. The lowest BCUT2D eigenvalue weighted by Gasteiger charge is -2.23. The highest BCUT2D eigenvalue weighted by Crippen LogP contribution is 2.19. The Labute approximate surface area is 103 Å². The molecule has 1 heterocycles. The zero-order valence-corrected chi connectivity index (χ0v) is 10.0. The second-order valence-electron chi connectivity index (χ2n) is 3.21. The van der Waals surface area contributed by atoms with Crippen molar-refractivity contribution in [2.45, 2.75) is 0 Å². The summed E-state index contributed by atoms with van der Waals surface area (Å²) in [5.41, 5.74) is 4.28. The monoisotopic (exact) mass is 256 g/mol. The number of benzene rings is 1. The third-order valence-corrected chi connectivity index (χ3v) is 2.50. The third-order valence-electron chi connectivity index (χ3n) is 1.97. The topological polar surface area (TPSA) is 39.7 Å². The molecule has 0 saturated carbocycles. The molecule has 6 heteroatoms. The van der Waals surface area contributed by atoms with Gasteiger partial charge in [-0.15, -0.1) is 5.10 Å². The average molecular weight is 257 g/mol. The van der Waals surface area contributed by atoms with Crippen molar-refractivity contribution in [1.82, 2.24) is 10.5 Å². The standard InChI is InChI=1S/C10H10Cl2N4/c1-16-14-9(11)8(10(12)15-16)13-7-5-3-2-4-6-7/h2-6,13-14H,1H3. The lowest BCUT2D eigenvalue weighted by molar-refractivity contribution is 0.283. The first kappa shape index (κ1) is 11.1. The van der Waals surface area contributed by atoms with Crippen LogP contribution in [0.2, 0.25) is 0 Å². The normalized spacial score (nSPS) is 15.7. The van der Waals surface area contributed by atoms with Gasteiger partial charge in [-0.25, -0.2) is 5.12 Å². The summed E-state index contributed by atoms with van der Waals surface area (Å²) < 4.78 is 0. The fraction of sp³-hybridized carbons (Fsp3) is 0.100. The van der Waals surface area contributed by atoms with Crippen molar-refractivity contribution >= 4 is 34.1 Å². The molecule has 0 saturated heterocycles. The fourth-order valence-electron chi connectivity index (χ4n) is 1.27. The maximum Gasteiger partial charge on any atom is 0.177 e. The van der Waals surface area contributed by atoms with Crippen LogP contribution in [0.25, 0.3) is 0 Å². The summed E-state index contributed by atoms with van der Waals surface area (Å²) in [7, 11) is 1.71. The van der Waals surface area contributed by atoms with E-state index in [4.69, 9.17) is 23.2 Å². The Kier molecular flexibility index (Phi) is 3.22. The molecule has 0 fully saturated rings. The Hall–Kier alpha value is -1.39. The second kappa shape index (κ2) is 4.63. The van der Waals surface area contributed by atoms with Crippen LogP contribution in [-0.4, -0.2) is 17.3 Å². The molecule has 1 aromatic rings. The smallest absolute Gasteiger partial charge is 0.177 e. The second-order valence-corrected chi connectivity index (χ2v) is 3.94. The van der Waals surface area contributed by atoms with Crippen LogP contribution in [0, 0.1) is 0 Å². The van der Waals surface area contributed by atoms with Gasteiger partial charge in [0.05, 0.1) is 0 Å². The molecule has 0 unspecified atom stereocenters. The van der Waals surface area contributed by atoms with Crippen LogP contribution in [0.5, 0.6) is 0 Å². The molecule has 0 atom stereocenters. The van der Waals surface area contributed by atoms with E-state index in [0.717, 1.165) is 5.69 Å². The van der Waals surface area contributed by atoms with Crippen LogP contribution in [0.3, 0.4) is 0 Å². The summed E-state index contributed by atoms with van der Waals surface area (Å²) in [6.07, 6.45) is 0. The minimum atomic E-state index is 0.315. The van der Waals surface area contributed by atoms with Crippen molar-refractivity contribution in [3.8, 4) is 0 Å². The maximum atomic E-state index is 6.02. The number of nitrogens with one attached hydrogen (secondary N) is 2. The zero-order valence-electron chi connectivity index (χ0n) is 8.54. The summed E-state index contributed by atoms with van der Waals surface area (Å²) in [6, 6.07) is 9.61. The van der Waals surface area contributed by atoms with Crippen LogP contribution in [-0.2, 0) is 0 Å². The zero-order chi connectivity index (χ0) is 11.5. The average Bonchev–Trinajstić information content (AvgIpc) is 2.25. The number of hydrogen-bond donors (Lipinski definition) is 2. The predicted octanol–water partition coefficient (Wildman–Crippen LogP) is 2.51. The van der Waals surface area contributed by atoms with Crippen LogP contribution in [0.1, 0.15) is 0 Å². The molecule has 1 aliphatic heterocycles. The van der Waals surface area contributed by atoms with E-state index in [2.05, 4.69) is 15.8 Å². The Bertz CT molecular complexity index is 441. The van der Waals surface area contributed by atoms with Crippen molar-refractivity contribution in [2.75, 3.05) is 12.4 Å². The van der Waals surface area contributed by atoms with Gasteiger partial charge in [-0.05, 0) is 12.1 Å². The molecule has 84 valence electrons. The molecule has 2 rings (SSSR count). The molecule has 4 nitrogen and oxygen atoms in total. The van der Waals surface area contributed by atoms with Gasteiger partial charge in [-0.2, -0.15) is 0 Å². The summed E-state index contributed by atoms with van der Waals surface area (Å²) in [5.74, 6) is 0. The van der Waals surface area contributed by atoms with Gasteiger partial charge < -0.3 is 5.32 Å². The summed E-state index contributed by atoms with van der Waals surface area (Å²) in [4.78, 5) is 0. The lowest BCUT2D eigenvalue weighted by Crippen LogP contribution is -2.34. The largest absolute Gasteiger partial charge is 0.350 e. The Morgan fingerprint density at radius 2 is 1.94 bits per heavy atom. The number of nitrogens with zero attached hydrogens (tertiary/aromatic N) is 2. The number of para-hydroxylation sites is 1. The van der Waals surface area contributed by atoms with Gasteiger partial charge >= 0.3 is 0 Å². The number of hydrogen-bond acceptors (Lipinski definition) is 4. The van der Waals surface area contributed by atoms with Gasteiger partial charge in [0, 0.05) is 12.7 Å². The summed E-state index contributed by atoms with van der Waals surface area (Å²) >= 11 is 12.0. The molecule has 0 aromatic heterocycles. The predicted molar refractivity (Wildman–Crippen MR) is 67.1 cm³/mol. The number of halogens is 2. The van der Waals surface area contributed by atoms with E-state index in [9.17, 15) is 0 Å². The number of allylic oxidation sites excluding steroid dienone is 1. The molecular formula is C10H10Cl2N4. The van der Waals surface area contributed by atoms with Crippen molar-refractivity contribution in [3.63, 3.8) is 0 Å². The first-order valence-corrected chi connectivity index (χ1v) is 5.39. The maximum absolute atomic E-state index is 6.02. The first-order valence-electron chi connectivity index (χ1n) is 4.63. The Morgan fingerprint density at radius 3 is 2.56 bits per heavy atom. The van der Waals surface area contributed by atoms with Crippen LogP contribution in [0.15, 0.2) is 46.3 Å². The number of anilines is 1. The Balaban J connectivity index is 2.22. The SMILES string of the molecule is CN1N=C(Cl)C(Nc2ccccc2)=C(Cl)N1. The van der Waals surface area contributed by atoms with Gasteiger partial charge in [0.15, 0.2) is 5.17 Å². The number of hydrazone groups is 1. The Morgan fingerprint density at radius 1 is 1.25 bits per heavy atom. The van der Waals surface area contributed by atoms with Crippen molar-refractivity contribution in [3.05, 3.63) is 41.2 Å². The first-order chi connectivity index (χ1) is 7.66. The molecule has 0 amide bonds. The van der Waals surface area contributed by atoms with E-state index in [1.807, 2.05) is 30.3 Å². The third kappa shape index (κ3) is 2.40. The minimum Gasteiger partial charge on any atom is -0.350 e. The van der Waals surface area contributed by atoms with Gasteiger partial charge in [-0.3, -0.25) is 5.43 Å². The highest BCUT2D eigenvalue weighted by Gasteiger charge is 2.17. The molecule has 1 aliphatic rings. The minimum absolute atomic E-state index is 0.315. The van der Waals surface area contributed by atoms with Crippen LogP contribution < -0.4 is 10.7 Å². The van der Waals surface area contributed by atoms with Gasteiger partial charge in [0.2, 0.25) is 0 Å². The van der Waals surface area contributed by atoms with E-state index in [0.29, 0.717) is 16.0 Å². The van der Waals surface area contributed by atoms with E-state index in [-0.39, 0.29) is 0 Å². The molecule has 2 N–H and O–H groups in total. The molecule has 1 aromatic carbocycles. The molecule has 0 bridgehead atoms. The van der Waals surface area contributed by atoms with E-state index in [1.165, 1.54) is 5.12 Å². The highest BCUT2D eigenvalue weighted by atomic mass is 35.5. The van der Waals surface area contributed by atoms with Gasteiger partial charge in [0.1, 0.15) is 10.9 Å². The van der Waals surface area contributed by atoms with Gasteiger partial charge in [0.25, 0.3) is 0 Å².